The van der Waals surface area contributed by atoms with Gasteiger partial charge in [-0.2, -0.15) is 0 Å². The minimum absolute atomic E-state index is 0. The number of hydrogen-bond acceptors (Lipinski definition) is 4. The molecule has 0 bridgehead atoms. The van der Waals surface area contributed by atoms with Crippen LogP contribution < -0.4 is 15.2 Å². The molecule has 0 aromatic heterocycles. The summed E-state index contributed by atoms with van der Waals surface area (Å²) in [4.78, 5) is 0. The number of hydrogen-bond donors (Lipinski definition) is 2. The lowest BCUT2D eigenvalue weighted by molar-refractivity contribution is -0.0713. The SMILES string of the molecule is COc1cc(Br)c([C@@H](N)C(F)(F)CO)cc1OC.Cl. The van der Waals surface area contributed by atoms with Crippen LogP contribution in [0.1, 0.15) is 11.6 Å². The zero-order chi connectivity index (χ0) is 13.9. The van der Waals surface area contributed by atoms with Gasteiger partial charge in [-0.25, -0.2) is 8.78 Å². The number of methoxy groups -OCH3 is 2. The summed E-state index contributed by atoms with van der Waals surface area (Å²) in [5, 5.41) is 8.64. The van der Waals surface area contributed by atoms with Crippen LogP contribution in [0.5, 0.6) is 11.5 Å². The van der Waals surface area contributed by atoms with Crippen molar-refractivity contribution in [2.75, 3.05) is 20.8 Å². The summed E-state index contributed by atoms with van der Waals surface area (Å²) < 4.78 is 37.1. The van der Waals surface area contributed by atoms with Gasteiger partial charge in [0, 0.05) is 4.47 Å². The van der Waals surface area contributed by atoms with E-state index in [1.165, 1.54) is 26.4 Å². The summed E-state index contributed by atoms with van der Waals surface area (Å²) in [6.07, 6.45) is 0. The first-order valence-corrected chi connectivity index (χ1v) is 5.82. The summed E-state index contributed by atoms with van der Waals surface area (Å²) in [5.41, 5.74) is 5.59. The molecular formula is C11H15BrClF2NO3. The van der Waals surface area contributed by atoms with Gasteiger partial charge in [-0.3, -0.25) is 0 Å². The van der Waals surface area contributed by atoms with Gasteiger partial charge >= 0.3 is 0 Å². The molecule has 1 aromatic rings. The smallest absolute Gasteiger partial charge is 0.289 e. The number of nitrogens with two attached hydrogens (primary N) is 1. The molecular weight excluding hydrogens is 347 g/mol. The molecule has 0 radical (unpaired) electrons. The molecule has 3 N–H and O–H groups in total. The first kappa shape index (κ1) is 18.4. The molecule has 0 aliphatic heterocycles. The van der Waals surface area contributed by atoms with E-state index >= 15 is 0 Å². The van der Waals surface area contributed by atoms with Crippen LogP contribution in [-0.2, 0) is 0 Å². The summed E-state index contributed by atoms with van der Waals surface area (Å²) >= 11 is 3.14. The second-order valence-electron chi connectivity index (χ2n) is 3.63. The van der Waals surface area contributed by atoms with Gasteiger partial charge in [0.2, 0.25) is 0 Å². The molecule has 0 unspecified atom stereocenters. The zero-order valence-corrected chi connectivity index (χ0v) is 12.7. The summed E-state index contributed by atoms with van der Waals surface area (Å²) in [7, 11) is 2.83. The van der Waals surface area contributed by atoms with E-state index in [1.807, 2.05) is 0 Å². The third kappa shape index (κ3) is 3.92. The highest BCUT2D eigenvalue weighted by Gasteiger charge is 2.38. The Kier molecular flexibility index (Phi) is 6.99. The predicted octanol–water partition coefficient (Wildman–Crippen LogP) is 2.52. The molecule has 0 spiro atoms. The van der Waals surface area contributed by atoms with E-state index in [9.17, 15) is 8.78 Å². The van der Waals surface area contributed by atoms with Gasteiger partial charge in [0.05, 0.1) is 20.3 Å². The van der Waals surface area contributed by atoms with Crippen molar-refractivity contribution in [3.8, 4) is 11.5 Å². The molecule has 1 atom stereocenters. The molecule has 0 heterocycles. The van der Waals surface area contributed by atoms with Gasteiger partial charge in [-0.1, -0.05) is 15.9 Å². The Labute approximate surface area is 124 Å². The first-order valence-electron chi connectivity index (χ1n) is 5.03. The van der Waals surface area contributed by atoms with E-state index in [4.69, 9.17) is 20.3 Å². The molecule has 0 aliphatic rings. The molecule has 1 rings (SSSR count). The standard InChI is InChI=1S/C11H14BrF2NO3.ClH/c1-17-8-3-6(7(12)4-9(8)18-2)10(15)11(13,14)5-16;/h3-4,10,16H,5,15H2,1-2H3;1H/t10-;/m1./s1. The monoisotopic (exact) mass is 361 g/mol. The number of benzene rings is 1. The average molecular weight is 363 g/mol. The molecule has 19 heavy (non-hydrogen) atoms. The molecule has 0 amide bonds. The highest BCUT2D eigenvalue weighted by Crippen LogP contribution is 2.39. The van der Waals surface area contributed by atoms with Crippen molar-refractivity contribution in [1.82, 2.24) is 0 Å². The third-order valence-corrected chi connectivity index (χ3v) is 3.19. The Bertz CT molecular complexity index is 435. The van der Waals surface area contributed by atoms with Gasteiger partial charge in [-0.15, -0.1) is 12.4 Å². The number of rotatable bonds is 5. The molecule has 4 nitrogen and oxygen atoms in total. The van der Waals surface area contributed by atoms with Crippen LogP contribution in [0.3, 0.4) is 0 Å². The molecule has 110 valence electrons. The third-order valence-electron chi connectivity index (χ3n) is 2.50. The van der Waals surface area contributed by atoms with Gasteiger partial charge < -0.3 is 20.3 Å². The summed E-state index contributed by atoms with van der Waals surface area (Å²) in [5.74, 6) is -2.73. The fourth-order valence-electron chi connectivity index (χ4n) is 1.43. The largest absolute Gasteiger partial charge is 0.493 e. The van der Waals surface area contributed by atoms with E-state index < -0.39 is 18.6 Å². The Morgan fingerprint density at radius 1 is 1.32 bits per heavy atom. The van der Waals surface area contributed by atoms with Crippen LogP contribution in [0.2, 0.25) is 0 Å². The lowest BCUT2D eigenvalue weighted by Gasteiger charge is -2.23. The summed E-state index contributed by atoms with van der Waals surface area (Å²) in [6, 6.07) is 1.20. The van der Waals surface area contributed by atoms with Gasteiger partial charge in [0.25, 0.3) is 5.92 Å². The number of aliphatic hydroxyl groups is 1. The van der Waals surface area contributed by atoms with E-state index in [-0.39, 0.29) is 18.0 Å². The van der Waals surface area contributed by atoms with Crippen molar-refractivity contribution < 1.29 is 23.4 Å². The highest BCUT2D eigenvalue weighted by molar-refractivity contribution is 9.10. The van der Waals surface area contributed by atoms with Gasteiger partial charge in [0.1, 0.15) is 6.61 Å². The van der Waals surface area contributed by atoms with Crippen molar-refractivity contribution in [2.45, 2.75) is 12.0 Å². The minimum atomic E-state index is -3.41. The number of aliphatic hydroxyl groups excluding tert-OH is 1. The van der Waals surface area contributed by atoms with Crippen LogP contribution in [0, 0.1) is 0 Å². The minimum Gasteiger partial charge on any atom is -0.493 e. The van der Waals surface area contributed by atoms with Crippen LogP contribution in [0.25, 0.3) is 0 Å². The molecule has 0 saturated carbocycles. The van der Waals surface area contributed by atoms with E-state index in [0.29, 0.717) is 16.0 Å². The van der Waals surface area contributed by atoms with Crippen LogP contribution in [-0.4, -0.2) is 31.9 Å². The average Bonchev–Trinajstić information content (AvgIpc) is 2.37. The number of alkyl halides is 2. The van der Waals surface area contributed by atoms with E-state index in [1.54, 1.807) is 0 Å². The fourth-order valence-corrected chi connectivity index (χ4v) is 2.00. The summed E-state index contributed by atoms with van der Waals surface area (Å²) in [6.45, 7) is -1.32. The molecule has 1 aromatic carbocycles. The Balaban J connectivity index is 0.00000324. The zero-order valence-electron chi connectivity index (χ0n) is 10.3. The van der Waals surface area contributed by atoms with Crippen LogP contribution in [0.4, 0.5) is 8.78 Å². The number of halogens is 4. The van der Waals surface area contributed by atoms with E-state index in [0.717, 1.165) is 0 Å². The number of ether oxygens (including phenoxy) is 2. The van der Waals surface area contributed by atoms with Crippen molar-refractivity contribution in [1.29, 1.82) is 0 Å². The quantitative estimate of drug-likeness (QED) is 0.845. The lowest BCUT2D eigenvalue weighted by atomic mass is 10.0. The topological polar surface area (TPSA) is 64.7 Å². The Hall–Kier alpha value is -0.630. The van der Waals surface area contributed by atoms with Gasteiger partial charge in [-0.05, 0) is 17.7 Å². The Morgan fingerprint density at radius 3 is 2.21 bits per heavy atom. The maximum absolute atomic E-state index is 13.4. The van der Waals surface area contributed by atoms with Crippen LogP contribution >= 0.6 is 28.3 Å². The Morgan fingerprint density at radius 2 is 1.79 bits per heavy atom. The first-order chi connectivity index (χ1) is 8.37. The molecule has 0 saturated heterocycles. The predicted molar refractivity (Wildman–Crippen MR) is 73.5 cm³/mol. The normalized spacial score (nSPS) is 12.6. The maximum Gasteiger partial charge on any atom is 0.289 e. The highest BCUT2D eigenvalue weighted by atomic mass is 79.9. The van der Waals surface area contributed by atoms with E-state index in [2.05, 4.69) is 15.9 Å². The lowest BCUT2D eigenvalue weighted by Crippen LogP contribution is -2.36. The van der Waals surface area contributed by atoms with Crippen molar-refractivity contribution in [2.24, 2.45) is 5.73 Å². The van der Waals surface area contributed by atoms with Crippen LogP contribution in [0.15, 0.2) is 16.6 Å². The molecule has 8 heteroatoms. The second kappa shape index (κ2) is 7.23. The maximum atomic E-state index is 13.4. The van der Waals surface area contributed by atoms with Gasteiger partial charge in [0.15, 0.2) is 11.5 Å². The van der Waals surface area contributed by atoms with Crippen molar-refractivity contribution in [3.05, 3.63) is 22.2 Å². The van der Waals surface area contributed by atoms with Crippen molar-refractivity contribution in [3.63, 3.8) is 0 Å². The fraction of sp³-hybridized carbons (Fsp3) is 0.455. The molecule has 0 fully saturated rings. The second-order valence-corrected chi connectivity index (χ2v) is 4.48. The molecule has 0 aliphatic carbocycles. The van der Waals surface area contributed by atoms with Crippen molar-refractivity contribution >= 4 is 28.3 Å².